The van der Waals surface area contributed by atoms with Gasteiger partial charge >= 0.3 is 0 Å². The van der Waals surface area contributed by atoms with Gasteiger partial charge in [-0.1, -0.05) is 27.7 Å². The van der Waals surface area contributed by atoms with Crippen molar-refractivity contribution in [1.82, 2.24) is 5.32 Å². The minimum Gasteiger partial charge on any atom is -0.356 e. The van der Waals surface area contributed by atoms with Gasteiger partial charge in [0.25, 0.3) is 0 Å². The summed E-state index contributed by atoms with van der Waals surface area (Å²) in [5.41, 5.74) is 6.05. The number of hydrogen-bond donors (Lipinski definition) is 2. The van der Waals surface area contributed by atoms with Crippen molar-refractivity contribution < 1.29 is 4.79 Å². The highest BCUT2D eigenvalue weighted by atomic mass is 16.1. The third-order valence-corrected chi connectivity index (χ3v) is 4.24. The molecule has 17 heavy (non-hydrogen) atoms. The summed E-state index contributed by atoms with van der Waals surface area (Å²) in [5.74, 6) is 1.95. The van der Waals surface area contributed by atoms with Crippen molar-refractivity contribution in [2.75, 3.05) is 6.54 Å². The van der Waals surface area contributed by atoms with Gasteiger partial charge < -0.3 is 11.1 Å². The normalized spacial score (nSPS) is 31.3. The summed E-state index contributed by atoms with van der Waals surface area (Å²) in [6.45, 7) is 9.53. The molecule has 4 unspecified atom stereocenters. The van der Waals surface area contributed by atoms with Crippen molar-refractivity contribution >= 4 is 5.91 Å². The standard InChI is InChI=1S/C14H28N2O/c1-9(2)11(4)8-16-14(17)12-7-10(3)5-6-13(12)15/h9-13H,5-8,15H2,1-4H3,(H,16,17). The molecule has 0 aromatic rings. The van der Waals surface area contributed by atoms with Crippen LogP contribution in [-0.2, 0) is 4.79 Å². The highest BCUT2D eigenvalue weighted by Gasteiger charge is 2.31. The van der Waals surface area contributed by atoms with Gasteiger partial charge in [0, 0.05) is 12.6 Å². The number of nitrogens with two attached hydrogens (primary N) is 1. The summed E-state index contributed by atoms with van der Waals surface area (Å²) in [4.78, 5) is 12.1. The van der Waals surface area contributed by atoms with Gasteiger partial charge in [0.2, 0.25) is 5.91 Å². The topological polar surface area (TPSA) is 55.1 Å². The Labute approximate surface area is 106 Å². The molecule has 1 aliphatic rings. The molecule has 3 N–H and O–H groups in total. The van der Waals surface area contributed by atoms with Crippen molar-refractivity contribution in [3.05, 3.63) is 0 Å². The fourth-order valence-corrected chi connectivity index (χ4v) is 2.33. The van der Waals surface area contributed by atoms with Crippen LogP contribution in [0.15, 0.2) is 0 Å². The van der Waals surface area contributed by atoms with E-state index in [-0.39, 0.29) is 17.9 Å². The van der Waals surface area contributed by atoms with Gasteiger partial charge in [0.05, 0.1) is 5.92 Å². The van der Waals surface area contributed by atoms with Gasteiger partial charge in [-0.15, -0.1) is 0 Å². The Balaban J connectivity index is 2.40. The van der Waals surface area contributed by atoms with Crippen molar-refractivity contribution in [1.29, 1.82) is 0 Å². The number of amides is 1. The second kappa shape index (κ2) is 6.39. The van der Waals surface area contributed by atoms with Crippen LogP contribution in [0.25, 0.3) is 0 Å². The molecular formula is C14H28N2O. The molecule has 1 saturated carbocycles. The van der Waals surface area contributed by atoms with E-state index in [1.165, 1.54) is 0 Å². The van der Waals surface area contributed by atoms with Crippen LogP contribution in [0.5, 0.6) is 0 Å². The fraction of sp³-hybridized carbons (Fsp3) is 0.929. The quantitative estimate of drug-likeness (QED) is 0.791. The summed E-state index contributed by atoms with van der Waals surface area (Å²) < 4.78 is 0. The number of rotatable bonds is 4. The van der Waals surface area contributed by atoms with Gasteiger partial charge in [-0.2, -0.15) is 0 Å². The number of carbonyl (C=O) groups excluding carboxylic acids is 1. The maximum absolute atomic E-state index is 12.1. The third kappa shape index (κ3) is 4.30. The van der Waals surface area contributed by atoms with E-state index >= 15 is 0 Å². The van der Waals surface area contributed by atoms with Crippen molar-refractivity contribution in [2.24, 2.45) is 29.4 Å². The smallest absolute Gasteiger partial charge is 0.224 e. The predicted molar refractivity (Wildman–Crippen MR) is 71.5 cm³/mol. The predicted octanol–water partition coefficient (Wildman–Crippen LogP) is 2.16. The average Bonchev–Trinajstić information content (AvgIpc) is 2.28. The minimum absolute atomic E-state index is 0.0260. The van der Waals surface area contributed by atoms with Crippen LogP contribution >= 0.6 is 0 Å². The minimum atomic E-state index is 0.0260. The molecule has 100 valence electrons. The molecule has 1 rings (SSSR count). The van der Waals surface area contributed by atoms with E-state index in [0.717, 1.165) is 25.8 Å². The maximum Gasteiger partial charge on any atom is 0.224 e. The Hall–Kier alpha value is -0.570. The van der Waals surface area contributed by atoms with Crippen LogP contribution in [0.3, 0.4) is 0 Å². The lowest BCUT2D eigenvalue weighted by atomic mass is 9.78. The van der Waals surface area contributed by atoms with Gasteiger partial charge in [0.1, 0.15) is 0 Å². The second-order valence-electron chi connectivity index (χ2n) is 6.16. The average molecular weight is 240 g/mol. The molecule has 0 radical (unpaired) electrons. The molecule has 1 aliphatic carbocycles. The molecule has 0 aliphatic heterocycles. The van der Waals surface area contributed by atoms with Gasteiger partial charge in [0.15, 0.2) is 0 Å². The largest absolute Gasteiger partial charge is 0.356 e. The highest BCUT2D eigenvalue weighted by Crippen LogP contribution is 2.28. The van der Waals surface area contributed by atoms with E-state index in [4.69, 9.17) is 5.73 Å². The first kappa shape index (κ1) is 14.5. The molecule has 0 saturated heterocycles. The fourth-order valence-electron chi connectivity index (χ4n) is 2.33. The summed E-state index contributed by atoms with van der Waals surface area (Å²) in [6.07, 6.45) is 3.09. The highest BCUT2D eigenvalue weighted by molar-refractivity contribution is 5.79. The molecule has 1 amide bonds. The van der Waals surface area contributed by atoms with E-state index in [1.807, 2.05) is 0 Å². The van der Waals surface area contributed by atoms with Crippen molar-refractivity contribution in [3.63, 3.8) is 0 Å². The van der Waals surface area contributed by atoms with E-state index < -0.39 is 0 Å². The second-order valence-corrected chi connectivity index (χ2v) is 6.16. The van der Waals surface area contributed by atoms with E-state index in [2.05, 4.69) is 33.0 Å². The molecule has 1 fully saturated rings. The number of nitrogens with one attached hydrogen (secondary N) is 1. The summed E-state index contributed by atoms with van der Waals surface area (Å²) >= 11 is 0. The van der Waals surface area contributed by atoms with Crippen molar-refractivity contribution in [2.45, 2.75) is 53.0 Å². The molecule has 4 atom stereocenters. The van der Waals surface area contributed by atoms with Crippen LogP contribution in [0.4, 0.5) is 0 Å². The lowest BCUT2D eigenvalue weighted by Crippen LogP contribution is -2.46. The lowest BCUT2D eigenvalue weighted by Gasteiger charge is -2.32. The molecule has 3 nitrogen and oxygen atoms in total. The number of hydrogen-bond acceptors (Lipinski definition) is 2. The van der Waals surface area contributed by atoms with Crippen LogP contribution < -0.4 is 11.1 Å². The monoisotopic (exact) mass is 240 g/mol. The molecule has 0 aromatic heterocycles. The van der Waals surface area contributed by atoms with E-state index in [9.17, 15) is 4.79 Å². The van der Waals surface area contributed by atoms with E-state index in [1.54, 1.807) is 0 Å². The Morgan fingerprint density at radius 2 is 2.00 bits per heavy atom. The molecule has 0 spiro atoms. The van der Waals surface area contributed by atoms with Crippen LogP contribution in [-0.4, -0.2) is 18.5 Å². The zero-order valence-electron chi connectivity index (χ0n) is 11.7. The summed E-state index contributed by atoms with van der Waals surface area (Å²) in [6, 6.07) is 0.0561. The molecule has 0 heterocycles. The third-order valence-electron chi connectivity index (χ3n) is 4.24. The number of carbonyl (C=O) groups is 1. The van der Waals surface area contributed by atoms with Crippen LogP contribution in [0.1, 0.15) is 47.0 Å². The SMILES string of the molecule is CC1CCC(N)C(C(=O)NCC(C)C(C)C)C1. The lowest BCUT2D eigenvalue weighted by molar-refractivity contribution is -0.127. The first-order chi connectivity index (χ1) is 7.91. The Kier molecular flexibility index (Phi) is 5.44. The van der Waals surface area contributed by atoms with Crippen molar-refractivity contribution in [3.8, 4) is 0 Å². The Morgan fingerprint density at radius 3 is 2.59 bits per heavy atom. The summed E-state index contributed by atoms with van der Waals surface area (Å²) in [7, 11) is 0. The summed E-state index contributed by atoms with van der Waals surface area (Å²) in [5, 5.41) is 3.07. The zero-order valence-corrected chi connectivity index (χ0v) is 11.7. The Bertz CT molecular complexity index is 253. The maximum atomic E-state index is 12.1. The van der Waals surface area contributed by atoms with Gasteiger partial charge in [-0.25, -0.2) is 0 Å². The first-order valence-electron chi connectivity index (χ1n) is 6.95. The molecule has 0 aromatic carbocycles. The Morgan fingerprint density at radius 1 is 1.35 bits per heavy atom. The van der Waals surface area contributed by atoms with E-state index in [0.29, 0.717) is 17.8 Å². The molecule has 0 bridgehead atoms. The van der Waals surface area contributed by atoms with Crippen LogP contribution in [0.2, 0.25) is 0 Å². The molecule has 3 heteroatoms. The first-order valence-corrected chi connectivity index (χ1v) is 6.95. The van der Waals surface area contributed by atoms with Crippen LogP contribution in [0, 0.1) is 23.7 Å². The zero-order chi connectivity index (χ0) is 13.0. The van der Waals surface area contributed by atoms with Gasteiger partial charge in [-0.05, 0) is 37.0 Å². The molecular weight excluding hydrogens is 212 g/mol. The van der Waals surface area contributed by atoms with Gasteiger partial charge in [-0.3, -0.25) is 4.79 Å².